The number of nitrogens with zero attached hydrogens (tertiary/aromatic N) is 2. The summed E-state index contributed by atoms with van der Waals surface area (Å²) in [6.07, 6.45) is 7.42. The van der Waals surface area contributed by atoms with Gasteiger partial charge in [0.05, 0.1) is 12.7 Å². The van der Waals surface area contributed by atoms with Crippen LogP contribution < -0.4 is 5.32 Å². The summed E-state index contributed by atoms with van der Waals surface area (Å²) in [6.45, 7) is 1.89. The quantitative estimate of drug-likeness (QED) is 0.871. The summed E-state index contributed by atoms with van der Waals surface area (Å²) in [7, 11) is 0. The average Bonchev–Trinajstić information content (AvgIpc) is 3.39. The fraction of sp³-hybridized carbons (Fsp3) is 0.471. The minimum absolute atomic E-state index is 0.747. The number of hydrogen-bond acceptors (Lipinski definition) is 2. The average molecular weight is 267 g/mol. The highest BCUT2D eigenvalue weighted by Crippen LogP contribution is 2.42. The molecule has 0 saturated heterocycles. The SMILES string of the molecule is c1ccc(Cn2ncc(CNC3CC3)c2C2CC2)cc1. The van der Waals surface area contributed by atoms with Crippen LogP contribution in [0.15, 0.2) is 36.5 Å². The molecule has 0 radical (unpaired) electrons. The molecule has 1 aromatic carbocycles. The van der Waals surface area contributed by atoms with E-state index in [-0.39, 0.29) is 0 Å². The van der Waals surface area contributed by atoms with E-state index in [4.69, 9.17) is 0 Å². The molecule has 104 valence electrons. The summed E-state index contributed by atoms with van der Waals surface area (Å²) in [5.74, 6) is 0.747. The van der Waals surface area contributed by atoms with Gasteiger partial charge in [0.2, 0.25) is 0 Å². The van der Waals surface area contributed by atoms with Crippen LogP contribution >= 0.6 is 0 Å². The Morgan fingerprint density at radius 2 is 1.90 bits per heavy atom. The molecule has 4 rings (SSSR count). The predicted molar refractivity (Wildman–Crippen MR) is 79.6 cm³/mol. The molecule has 0 unspecified atom stereocenters. The Bertz CT molecular complexity index is 580. The van der Waals surface area contributed by atoms with Gasteiger partial charge in [0.1, 0.15) is 0 Å². The molecule has 2 fully saturated rings. The van der Waals surface area contributed by atoms with Crippen LogP contribution in [0, 0.1) is 0 Å². The number of benzene rings is 1. The number of aromatic nitrogens is 2. The Hall–Kier alpha value is -1.61. The van der Waals surface area contributed by atoms with Crippen molar-refractivity contribution in [3.05, 3.63) is 53.3 Å². The maximum Gasteiger partial charge on any atom is 0.0662 e. The summed E-state index contributed by atoms with van der Waals surface area (Å²) >= 11 is 0. The van der Waals surface area contributed by atoms with E-state index in [9.17, 15) is 0 Å². The summed E-state index contributed by atoms with van der Waals surface area (Å²) in [5.41, 5.74) is 4.22. The molecule has 0 aliphatic heterocycles. The van der Waals surface area contributed by atoms with E-state index >= 15 is 0 Å². The molecule has 2 aromatic rings. The number of rotatable bonds is 6. The molecule has 0 amide bonds. The lowest BCUT2D eigenvalue weighted by Gasteiger charge is -2.09. The van der Waals surface area contributed by atoms with Gasteiger partial charge in [-0.25, -0.2) is 0 Å². The van der Waals surface area contributed by atoms with Crippen LogP contribution in [0.25, 0.3) is 0 Å². The first kappa shape index (κ1) is 12.2. The van der Waals surface area contributed by atoms with Crippen molar-refractivity contribution in [2.75, 3.05) is 0 Å². The minimum atomic E-state index is 0.747. The normalized spacial score (nSPS) is 18.4. The van der Waals surface area contributed by atoms with Gasteiger partial charge in [-0.2, -0.15) is 5.10 Å². The van der Waals surface area contributed by atoms with Crippen LogP contribution in [0.4, 0.5) is 0 Å². The van der Waals surface area contributed by atoms with Crippen LogP contribution in [0.2, 0.25) is 0 Å². The molecule has 2 saturated carbocycles. The van der Waals surface area contributed by atoms with E-state index in [1.807, 2.05) is 0 Å². The van der Waals surface area contributed by atoms with Gasteiger partial charge in [0.15, 0.2) is 0 Å². The third-order valence-electron chi connectivity index (χ3n) is 4.26. The van der Waals surface area contributed by atoms with E-state index in [0.29, 0.717) is 0 Å². The van der Waals surface area contributed by atoms with Crippen LogP contribution in [-0.4, -0.2) is 15.8 Å². The van der Waals surface area contributed by atoms with Crippen molar-refractivity contribution in [1.29, 1.82) is 0 Å². The molecule has 3 nitrogen and oxygen atoms in total. The van der Waals surface area contributed by atoms with Gasteiger partial charge >= 0.3 is 0 Å². The first-order valence-corrected chi connectivity index (χ1v) is 7.72. The predicted octanol–water partition coefficient (Wildman–Crippen LogP) is 3.06. The van der Waals surface area contributed by atoms with Gasteiger partial charge in [-0.15, -0.1) is 0 Å². The number of nitrogens with one attached hydrogen (secondary N) is 1. The molecule has 3 heteroatoms. The Morgan fingerprint density at radius 1 is 1.10 bits per heavy atom. The third kappa shape index (κ3) is 2.63. The van der Waals surface area contributed by atoms with E-state index < -0.39 is 0 Å². The lowest BCUT2D eigenvalue weighted by molar-refractivity contribution is 0.635. The fourth-order valence-corrected chi connectivity index (χ4v) is 2.82. The molecule has 0 bridgehead atoms. The van der Waals surface area contributed by atoms with Crippen molar-refractivity contribution >= 4 is 0 Å². The second-order valence-corrected chi connectivity index (χ2v) is 6.13. The van der Waals surface area contributed by atoms with E-state index in [2.05, 4.69) is 51.6 Å². The van der Waals surface area contributed by atoms with Crippen LogP contribution in [0.1, 0.15) is 48.4 Å². The van der Waals surface area contributed by atoms with Gasteiger partial charge in [-0.1, -0.05) is 30.3 Å². The largest absolute Gasteiger partial charge is 0.310 e. The first-order valence-electron chi connectivity index (χ1n) is 7.72. The molecule has 2 aliphatic rings. The lowest BCUT2D eigenvalue weighted by atomic mass is 10.1. The maximum atomic E-state index is 4.65. The Morgan fingerprint density at radius 3 is 2.60 bits per heavy atom. The maximum absolute atomic E-state index is 4.65. The zero-order chi connectivity index (χ0) is 13.4. The van der Waals surface area contributed by atoms with E-state index in [1.165, 1.54) is 42.5 Å². The lowest BCUT2D eigenvalue weighted by Crippen LogP contribution is -2.16. The van der Waals surface area contributed by atoms with Crippen LogP contribution in [0.5, 0.6) is 0 Å². The molecule has 1 heterocycles. The molecule has 2 aliphatic carbocycles. The summed E-state index contributed by atoms with van der Waals surface area (Å²) in [4.78, 5) is 0. The molecular weight excluding hydrogens is 246 g/mol. The van der Waals surface area contributed by atoms with E-state index in [0.717, 1.165) is 25.0 Å². The summed E-state index contributed by atoms with van der Waals surface area (Å²) < 4.78 is 2.22. The fourth-order valence-electron chi connectivity index (χ4n) is 2.82. The highest BCUT2D eigenvalue weighted by Gasteiger charge is 2.30. The third-order valence-corrected chi connectivity index (χ3v) is 4.26. The van der Waals surface area contributed by atoms with Gasteiger partial charge in [-0.05, 0) is 31.2 Å². The second-order valence-electron chi connectivity index (χ2n) is 6.13. The van der Waals surface area contributed by atoms with Crippen molar-refractivity contribution in [2.45, 2.75) is 50.7 Å². The Balaban J connectivity index is 1.55. The summed E-state index contributed by atoms with van der Waals surface area (Å²) in [5, 5.41) is 8.27. The molecule has 0 spiro atoms. The first-order chi connectivity index (χ1) is 9.90. The van der Waals surface area contributed by atoms with Crippen molar-refractivity contribution in [2.24, 2.45) is 0 Å². The van der Waals surface area contributed by atoms with E-state index in [1.54, 1.807) is 0 Å². The smallest absolute Gasteiger partial charge is 0.0662 e. The highest BCUT2D eigenvalue weighted by molar-refractivity contribution is 5.27. The molecule has 1 aromatic heterocycles. The van der Waals surface area contributed by atoms with Crippen molar-refractivity contribution in [1.82, 2.24) is 15.1 Å². The Labute approximate surface area is 120 Å². The topological polar surface area (TPSA) is 29.9 Å². The zero-order valence-corrected chi connectivity index (χ0v) is 11.8. The van der Waals surface area contributed by atoms with Crippen molar-refractivity contribution in [3.8, 4) is 0 Å². The monoisotopic (exact) mass is 267 g/mol. The Kier molecular flexibility index (Phi) is 3.07. The van der Waals surface area contributed by atoms with Gasteiger partial charge < -0.3 is 5.32 Å². The standard InChI is InChI=1S/C17H21N3/c1-2-4-13(5-3-1)12-20-17(14-6-7-14)15(11-19-20)10-18-16-8-9-16/h1-5,11,14,16,18H,6-10,12H2. The molecular formula is C17H21N3. The zero-order valence-electron chi connectivity index (χ0n) is 11.8. The second kappa shape index (κ2) is 5.06. The molecule has 1 N–H and O–H groups in total. The van der Waals surface area contributed by atoms with Gasteiger partial charge in [0, 0.05) is 29.8 Å². The van der Waals surface area contributed by atoms with Crippen molar-refractivity contribution in [3.63, 3.8) is 0 Å². The minimum Gasteiger partial charge on any atom is -0.310 e. The van der Waals surface area contributed by atoms with Gasteiger partial charge in [0.25, 0.3) is 0 Å². The summed E-state index contributed by atoms with van der Waals surface area (Å²) in [6, 6.07) is 11.4. The van der Waals surface area contributed by atoms with Gasteiger partial charge in [-0.3, -0.25) is 4.68 Å². The molecule has 0 atom stereocenters. The van der Waals surface area contributed by atoms with Crippen LogP contribution in [0.3, 0.4) is 0 Å². The highest BCUT2D eigenvalue weighted by atomic mass is 15.3. The van der Waals surface area contributed by atoms with Crippen molar-refractivity contribution < 1.29 is 0 Å². The number of hydrogen-bond donors (Lipinski definition) is 1. The van der Waals surface area contributed by atoms with Crippen LogP contribution in [-0.2, 0) is 13.1 Å². The molecule has 20 heavy (non-hydrogen) atoms.